The number of anilines is 2. The predicted molar refractivity (Wildman–Crippen MR) is 105 cm³/mol. The topological polar surface area (TPSA) is 96.0 Å². The maximum Gasteiger partial charge on any atom is 0.416 e. The van der Waals surface area contributed by atoms with E-state index in [1.54, 1.807) is 42.2 Å². The Hall–Kier alpha value is -3.47. The SMILES string of the molecule is CC1CN(C(=O)c2cccc(Nc3nn[nH]n3)c2)CC(c2cccc(C(F)(F)F)c2)O1. The van der Waals surface area contributed by atoms with Gasteiger partial charge < -0.3 is 15.0 Å². The van der Waals surface area contributed by atoms with Gasteiger partial charge in [0.1, 0.15) is 6.10 Å². The molecule has 11 heteroatoms. The van der Waals surface area contributed by atoms with Gasteiger partial charge in [-0.3, -0.25) is 4.79 Å². The van der Waals surface area contributed by atoms with Crippen LogP contribution in [0, 0.1) is 0 Å². The average Bonchev–Trinajstić information content (AvgIpc) is 3.25. The molecule has 2 atom stereocenters. The Bertz CT molecular complexity index is 1060. The number of benzene rings is 2. The number of nitrogens with zero attached hydrogens (tertiary/aromatic N) is 4. The lowest BCUT2D eigenvalue weighted by atomic mass is 10.0. The highest BCUT2D eigenvalue weighted by molar-refractivity contribution is 5.95. The molecule has 0 saturated carbocycles. The van der Waals surface area contributed by atoms with Gasteiger partial charge in [-0.15, -0.1) is 5.10 Å². The van der Waals surface area contributed by atoms with Gasteiger partial charge in [0.15, 0.2) is 0 Å². The number of ether oxygens (including phenoxy) is 1. The molecule has 2 N–H and O–H groups in total. The number of aromatic nitrogens is 4. The van der Waals surface area contributed by atoms with E-state index in [0.29, 0.717) is 23.4 Å². The lowest BCUT2D eigenvalue weighted by molar-refractivity contribution is -0.137. The van der Waals surface area contributed by atoms with Crippen LogP contribution in [-0.2, 0) is 10.9 Å². The number of aromatic amines is 1. The van der Waals surface area contributed by atoms with E-state index in [1.165, 1.54) is 6.07 Å². The van der Waals surface area contributed by atoms with Crippen LogP contribution in [-0.4, -0.2) is 50.6 Å². The van der Waals surface area contributed by atoms with E-state index in [0.717, 1.165) is 12.1 Å². The van der Waals surface area contributed by atoms with Gasteiger partial charge in [0.25, 0.3) is 11.9 Å². The molecule has 1 fully saturated rings. The summed E-state index contributed by atoms with van der Waals surface area (Å²) in [6.07, 6.45) is -5.44. The zero-order valence-corrected chi connectivity index (χ0v) is 16.4. The van der Waals surface area contributed by atoms with Gasteiger partial charge in [0.2, 0.25) is 0 Å². The molecule has 162 valence electrons. The fourth-order valence-electron chi connectivity index (χ4n) is 3.47. The van der Waals surface area contributed by atoms with Crippen molar-refractivity contribution in [2.45, 2.75) is 25.3 Å². The summed E-state index contributed by atoms with van der Waals surface area (Å²) in [7, 11) is 0. The predicted octanol–water partition coefficient (Wildman–Crippen LogP) is 3.56. The molecule has 31 heavy (non-hydrogen) atoms. The number of rotatable bonds is 4. The van der Waals surface area contributed by atoms with Crippen LogP contribution in [0.25, 0.3) is 0 Å². The third kappa shape index (κ3) is 4.82. The van der Waals surface area contributed by atoms with Crippen molar-refractivity contribution >= 4 is 17.5 Å². The molecule has 2 aromatic carbocycles. The van der Waals surface area contributed by atoms with Crippen LogP contribution in [0.2, 0.25) is 0 Å². The molecule has 2 unspecified atom stereocenters. The fourth-order valence-corrected chi connectivity index (χ4v) is 3.47. The minimum atomic E-state index is -4.45. The largest absolute Gasteiger partial charge is 0.416 e. The van der Waals surface area contributed by atoms with Crippen LogP contribution >= 0.6 is 0 Å². The van der Waals surface area contributed by atoms with Crippen LogP contribution in [0.3, 0.4) is 0 Å². The molecule has 1 aliphatic rings. The third-order valence-corrected chi connectivity index (χ3v) is 4.84. The molecule has 0 aliphatic carbocycles. The number of hydrogen-bond acceptors (Lipinski definition) is 6. The first-order valence-corrected chi connectivity index (χ1v) is 9.52. The van der Waals surface area contributed by atoms with Crippen LogP contribution in [0.4, 0.5) is 24.8 Å². The number of morpholine rings is 1. The Morgan fingerprint density at radius 3 is 2.74 bits per heavy atom. The highest BCUT2D eigenvalue weighted by atomic mass is 19.4. The van der Waals surface area contributed by atoms with Crippen LogP contribution in [0.15, 0.2) is 48.5 Å². The molecule has 3 aromatic rings. The average molecular weight is 432 g/mol. The van der Waals surface area contributed by atoms with Gasteiger partial charge in [-0.2, -0.15) is 18.4 Å². The number of H-pyrrole nitrogens is 1. The summed E-state index contributed by atoms with van der Waals surface area (Å²) >= 11 is 0. The van der Waals surface area contributed by atoms with Crippen molar-refractivity contribution in [1.29, 1.82) is 0 Å². The number of carbonyl (C=O) groups excluding carboxylic acids is 1. The lowest BCUT2D eigenvalue weighted by Gasteiger charge is -2.37. The van der Waals surface area contributed by atoms with Gasteiger partial charge in [0, 0.05) is 17.8 Å². The molecule has 8 nitrogen and oxygen atoms in total. The van der Waals surface area contributed by atoms with E-state index in [-0.39, 0.29) is 24.5 Å². The molecule has 4 rings (SSSR count). The molecule has 0 bridgehead atoms. The summed E-state index contributed by atoms with van der Waals surface area (Å²) in [4.78, 5) is 14.7. The highest BCUT2D eigenvalue weighted by Crippen LogP contribution is 2.33. The van der Waals surface area contributed by atoms with E-state index < -0.39 is 17.8 Å². The Labute approximate surface area is 175 Å². The number of alkyl halides is 3. The maximum atomic E-state index is 13.1. The molecule has 2 heterocycles. The molecule has 0 radical (unpaired) electrons. The first-order valence-electron chi connectivity index (χ1n) is 9.52. The number of amides is 1. The Morgan fingerprint density at radius 2 is 2.00 bits per heavy atom. The number of carbonyl (C=O) groups is 1. The minimum Gasteiger partial charge on any atom is -0.367 e. The van der Waals surface area contributed by atoms with Crippen molar-refractivity contribution in [3.05, 3.63) is 65.2 Å². The van der Waals surface area contributed by atoms with Crippen molar-refractivity contribution in [1.82, 2.24) is 25.5 Å². The summed E-state index contributed by atoms with van der Waals surface area (Å²) in [5.74, 6) is 0.0121. The summed E-state index contributed by atoms with van der Waals surface area (Å²) in [6, 6.07) is 11.8. The molecule has 1 amide bonds. The van der Waals surface area contributed by atoms with Gasteiger partial charge in [-0.25, -0.2) is 0 Å². The molecule has 1 aromatic heterocycles. The first-order chi connectivity index (χ1) is 14.8. The van der Waals surface area contributed by atoms with Crippen molar-refractivity contribution in [3.8, 4) is 0 Å². The Morgan fingerprint density at radius 1 is 1.19 bits per heavy atom. The Balaban J connectivity index is 1.53. The van der Waals surface area contributed by atoms with Crippen LogP contribution in [0.1, 0.15) is 34.5 Å². The van der Waals surface area contributed by atoms with Crippen LogP contribution in [0.5, 0.6) is 0 Å². The number of tetrazole rings is 1. The van der Waals surface area contributed by atoms with Crippen molar-refractivity contribution in [2.75, 3.05) is 18.4 Å². The summed E-state index contributed by atoms with van der Waals surface area (Å²) < 4.78 is 45.1. The molecule has 1 aliphatic heterocycles. The van der Waals surface area contributed by atoms with Gasteiger partial charge in [0.05, 0.1) is 18.2 Å². The Kier molecular flexibility index (Phi) is 5.59. The molecular formula is C20H19F3N6O2. The van der Waals surface area contributed by atoms with Crippen LogP contribution < -0.4 is 5.32 Å². The standard InChI is InChI=1S/C20H19F3N6O2/c1-12-10-29(11-17(31-12)13-4-2-6-15(8-13)20(21,22)23)18(30)14-5-3-7-16(9-14)24-19-25-27-28-26-19/h2-9,12,17H,10-11H2,1H3,(H2,24,25,26,27,28). The summed E-state index contributed by atoms with van der Waals surface area (Å²) in [5.41, 5.74) is 0.657. The van der Waals surface area contributed by atoms with Crippen molar-refractivity contribution in [3.63, 3.8) is 0 Å². The number of hydrogen-bond donors (Lipinski definition) is 2. The van der Waals surface area contributed by atoms with E-state index in [9.17, 15) is 18.0 Å². The van der Waals surface area contributed by atoms with E-state index >= 15 is 0 Å². The fraction of sp³-hybridized carbons (Fsp3) is 0.300. The quantitative estimate of drug-likeness (QED) is 0.655. The smallest absolute Gasteiger partial charge is 0.367 e. The number of nitrogens with one attached hydrogen (secondary N) is 2. The first kappa shape index (κ1) is 20.8. The number of halogens is 3. The van der Waals surface area contributed by atoms with Gasteiger partial charge in [-0.1, -0.05) is 23.3 Å². The zero-order chi connectivity index (χ0) is 22.0. The normalized spacial score (nSPS) is 19.3. The minimum absolute atomic E-state index is 0.146. The highest BCUT2D eigenvalue weighted by Gasteiger charge is 2.34. The maximum absolute atomic E-state index is 13.1. The second-order valence-electron chi connectivity index (χ2n) is 7.21. The molecule has 1 saturated heterocycles. The van der Waals surface area contributed by atoms with Gasteiger partial charge >= 0.3 is 6.18 Å². The third-order valence-electron chi connectivity index (χ3n) is 4.84. The summed E-state index contributed by atoms with van der Waals surface area (Å²) in [5, 5.41) is 16.3. The molecule has 0 spiro atoms. The van der Waals surface area contributed by atoms with E-state index in [1.807, 2.05) is 0 Å². The molecular weight excluding hydrogens is 413 g/mol. The van der Waals surface area contributed by atoms with Crippen molar-refractivity contribution < 1.29 is 22.7 Å². The van der Waals surface area contributed by atoms with Crippen molar-refractivity contribution in [2.24, 2.45) is 0 Å². The van der Waals surface area contributed by atoms with E-state index in [2.05, 4.69) is 25.9 Å². The monoisotopic (exact) mass is 432 g/mol. The van der Waals surface area contributed by atoms with E-state index in [4.69, 9.17) is 4.74 Å². The lowest BCUT2D eigenvalue weighted by Crippen LogP contribution is -2.46. The second kappa shape index (κ2) is 8.34. The zero-order valence-electron chi connectivity index (χ0n) is 16.4. The summed E-state index contributed by atoms with van der Waals surface area (Å²) in [6.45, 7) is 2.26. The van der Waals surface area contributed by atoms with Gasteiger partial charge in [-0.05, 0) is 48.0 Å². The second-order valence-corrected chi connectivity index (χ2v) is 7.21.